The molecule has 19 heavy (non-hydrogen) atoms. The van der Waals surface area contributed by atoms with Gasteiger partial charge in [0.1, 0.15) is 0 Å². The standard InChI is InChI=1S/C16H11BrO2/c17-8-7-10-5-6-13-14(9-10)16(19)12-4-2-1-3-11(12)15(13)18/h1-6,9H,7-8H2. The normalized spacial score (nSPS) is 13.1. The van der Waals surface area contributed by atoms with E-state index in [-0.39, 0.29) is 11.6 Å². The third-order valence-electron chi connectivity index (χ3n) is 3.37. The molecule has 0 unspecified atom stereocenters. The Morgan fingerprint density at radius 1 is 0.789 bits per heavy atom. The quantitative estimate of drug-likeness (QED) is 0.679. The van der Waals surface area contributed by atoms with Crippen LogP contribution < -0.4 is 0 Å². The maximum Gasteiger partial charge on any atom is 0.194 e. The fraction of sp³-hybridized carbons (Fsp3) is 0.125. The predicted octanol–water partition coefficient (Wildman–Crippen LogP) is 3.40. The van der Waals surface area contributed by atoms with Crippen molar-refractivity contribution in [1.29, 1.82) is 0 Å². The highest BCUT2D eigenvalue weighted by Crippen LogP contribution is 2.27. The van der Waals surface area contributed by atoms with E-state index in [9.17, 15) is 9.59 Å². The number of hydrogen-bond donors (Lipinski definition) is 0. The predicted molar refractivity (Wildman–Crippen MR) is 77.2 cm³/mol. The molecule has 0 fully saturated rings. The summed E-state index contributed by atoms with van der Waals surface area (Å²) in [5.74, 6) is -0.114. The lowest BCUT2D eigenvalue weighted by molar-refractivity contribution is 0.0979. The van der Waals surface area contributed by atoms with E-state index in [1.807, 2.05) is 12.1 Å². The van der Waals surface area contributed by atoms with Crippen molar-refractivity contribution >= 4 is 27.5 Å². The molecule has 1 aliphatic rings. The van der Waals surface area contributed by atoms with Gasteiger partial charge in [0.25, 0.3) is 0 Å². The molecule has 0 heterocycles. The van der Waals surface area contributed by atoms with E-state index in [1.165, 1.54) is 0 Å². The van der Waals surface area contributed by atoms with Crippen LogP contribution in [-0.2, 0) is 6.42 Å². The van der Waals surface area contributed by atoms with Crippen molar-refractivity contribution in [3.63, 3.8) is 0 Å². The van der Waals surface area contributed by atoms with E-state index in [0.717, 1.165) is 17.3 Å². The molecule has 3 heteroatoms. The van der Waals surface area contributed by atoms with Gasteiger partial charge in [0, 0.05) is 27.6 Å². The lowest BCUT2D eigenvalue weighted by Gasteiger charge is -2.17. The molecule has 0 radical (unpaired) electrons. The second-order valence-corrected chi connectivity index (χ2v) is 5.32. The van der Waals surface area contributed by atoms with Crippen LogP contribution in [0.25, 0.3) is 0 Å². The van der Waals surface area contributed by atoms with Crippen molar-refractivity contribution < 1.29 is 9.59 Å². The molecule has 0 saturated carbocycles. The average molecular weight is 315 g/mol. The number of rotatable bonds is 2. The summed E-state index contributed by atoms with van der Waals surface area (Å²) in [6.45, 7) is 0. The summed E-state index contributed by atoms with van der Waals surface area (Å²) in [5.41, 5.74) is 3.13. The Morgan fingerprint density at radius 3 is 2.00 bits per heavy atom. The molecule has 2 aromatic rings. The highest BCUT2D eigenvalue weighted by molar-refractivity contribution is 9.09. The van der Waals surface area contributed by atoms with Gasteiger partial charge < -0.3 is 0 Å². The summed E-state index contributed by atoms with van der Waals surface area (Å²) in [6.07, 6.45) is 0.844. The van der Waals surface area contributed by atoms with E-state index >= 15 is 0 Å². The maximum atomic E-state index is 12.4. The third kappa shape index (κ3) is 1.94. The average Bonchev–Trinajstić information content (AvgIpc) is 2.45. The Hall–Kier alpha value is -1.74. The van der Waals surface area contributed by atoms with Crippen LogP contribution in [-0.4, -0.2) is 16.9 Å². The molecule has 0 saturated heterocycles. The number of benzene rings is 2. The first-order chi connectivity index (χ1) is 9.22. The second-order valence-electron chi connectivity index (χ2n) is 4.52. The van der Waals surface area contributed by atoms with Crippen LogP contribution in [0.3, 0.4) is 0 Å². The van der Waals surface area contributed by atoms with Crippen molar-refractivity contribution in [3.8, 4) is 0 Å². The SMILES string of the molecule is O=C1c2ccccc2C(=O)c2cc(CCBr)ccc21. The molecule has 0 aromatic heterocycles. The first kappa shape index (κ1) is 12.3. The van der Waals surface area contributed by atoms with Crippen molar-refractivity contribution in [1.82, 2.24) is 0 Å². The summed E-state index contributed by atoms with van der Waals surface area (Å²) in [7, 11) is 0. The van der Waals surface area contributed by atoms with Gasteiger partial charge in [-0.1, -0.05) is 52.3 Å². The smallest absolute Gasteiger partial charge is 0.194 e. The Labute approximate surface area is 119 Å². The number of ketones is 2. The molecule has 0 amide bonds. The van der Waals surface area contributed by atoms with Gasteiger partial charge in [-0.25, -0.2) is 0 Å². The van der Waals surface area contributed by atoms with Crippen LogP contribution in [0.4, 0.5) is 0 Å². The van der Waals surface area contributed by atoms with E-state index in [0.29, 0.717) is 22.3 Å². The molecule has 2 nitrogen and oxygen atoms in total. The van der Waals surface area contributed by atoms with Crippen molar-refractivity contribution in [2.24, 2.45) is 0 Å². The van der Waals surface area contributed by atoms with Crippen molar-refractivity contribution in [3.05, 3.63) is 70.3 Å². The summed E-state index contributed by atoms with van der Waals surface area (Å²) in [5, 5.41) is 0.838. The van der Waals surface area contributed by atoms with Crippen molar-refractivity contribution in [2.45, 2.75) is 6.42 Å². The Kier molecular flexibility index (Phi) is 3.07. The highest BCUT2D eigenvalue weighted by Gasteiger charge is 2.29. The Morgan fingerprint density at radius 2 is 1.37 bits per heavy atom. The number of halogens is 1. The van der Waals surface area contributed by atoms with Gasteiger partial charge in [0.05, 0.1) is 0 Å². The van der Waals surface area contributed by atoms with Gasteiger partial charge in [-0.3, -0.25) is 9.59 Å². The number of carbonyl (C=O) groups excluding carboxylic acids is 2. The van der Waals surface area contributed by atoms with Gasteiger partial charge in [-0.05, 0) is 18.1 Å². The minimum Gasteiger partial charge on any atom is -0.289 e. The zero-order valence-electron chi connectivity index (χ0n) is 10.2. The van der Waals surface area contributed by atoms with E-state index in [1.54, 1.807) is 30.3 Å². The summed E-state index contributed by atoms with van der Waals surface area (Å²) >= 11 is 3.38. The molecule has 1 aliphatic carbocycles. The molecule has 0 spiro atoms. The largest absolute Gasteiger partial charge is 0.289 e. The molecule has 0 bridgehead atoms. The molecule has 3 rings (SSSR count). The molecular formula is C16H11BrO2. The van der Waals surface area contributed by atoms with Gasteiger partial charge in [0.15, 0.2) is 11.6 Å². The molecule has 0 atom stereocenters. The molecule has 0 aliphatic heterocycles. The van der Waals surface area contributed by atoms with Gasteiger partial charge in [-0.15, -0.1) is 0 Å². The summed E-state index contributed by atoms with van der Waals surface area (Å²) in [6, 6.07) is 12.5. The van der Waals surface area contributed by atoms with Crippen LogP contribution in [0.5, 0.6) is 0 Å². The lowest BCUT2D eigenvalue weighted by Crippen LogP contribution is -2.20. The summed E-state index contributed by atoms with van der Waals surface area (Å²) < 4.78 is 0. The first-order valence-electron chi connectivity index (χ1n) is 6.09. The van der Waals surface area contributed by atoms with Crippen LogP contribution in [0, 0.1) is 0 Å². The molecular weight excluding hydrogens is 304 g/mol. The number of fused-ring (bicyclic) bond motifs is 2. The minimum absolute atomic E-state index is 0.0541. The second kappa shape index (κ2) is 4.74. The molecule has 0 N–H and O–H groups in total. The van der Waals surface area contributed by atoms with Crippen LogP contribution in [0.2, 0.25) is 0 Å². The molecule has 94 valence electrons. The minimum atomic E-state index is -0.0596. The van der Waals surface area contributed by atoms with E-state index in [4.69, 9.17) is 0 Å². The summed E-state index contributed by atoms with van der Waals surface area (Å²) in [4.78, 5) is 24.8. The lowest BCUT2D eigenvalue weighted by atomic mass is 9.83. The Balaban J connectivity index is 2.18. The highest BCUT2D eigenvalue weighted by atomic mass is 79.9. The van der Waals surface area contributed by atoms with Gasteiger partial charge in [0.2, 0.25) is 0 Å². The zero-order valence-corrected chi connectivity index (χ0v) is 11.7. The number of aryl methyl sites for hydroxylation is 1. The number of hydrogen-bond acceptors (Lipinski definition) is 2. The topological polar surface area (TPSA) is 34.1 Å². The van der Waals surface area contributed by atoms with E-state index in [2.05, 4.69) is 15.9 Å². The van der Waals surface area contributed by atoms with Crippen molar-refractivity contribution in [2.75, 3.05) is 5.33 Å². The fourth-order valence-electron chi connectivity index (χ4n) is 2.41. The Bertz CT molecular complexity index is 689. The van der Waals surface area contributed by atoms with Crippen LogP contribution in [0.1, 0.15) is 37.4 Å². The monoisotopic (exact) mass is 314 g/mol. The van der Waals surface area contributed by atoms with Crippen LogP contribution >= 0.6 is 15.9 Å². The van der Waals surface area contributed by atoms with Gasteiger partial charge >= 0.3 is 0 Å². The third-order valence-corrected chi connectivity index (χ3v) is 3.77. The maximum absolute atomic E-state index is 12.4. The fourth-order valence-corrected chi connectivity index (χ4v) is 2.87. The zero-order chi connectivity index (χ0) is 13.4. The van der Waals surface area contributed by atoms with E-state index < -0.39 is 0 Å². The number of carbonyl (C=O) groups is 2. The number of alkyl halides is 1. The van der Waals surface area contributed by atoms with Gasteiger partial charge in [-0.2, -0.15) is 0 Å². The first-order valence-corrected chi connectivity index (χ1v) is 7.22. The molecule has 2 aromatic carbocycles. The van der Waals surface area contributed by atoms with Crippen LogP contribution in [0.15, 0.2) is 42.5 Å².